The quantitative estimate of drug-likeness (QED) is 0.849. The van der Waals surface area contributed by atoms with Crippen molar-refractivity contribution < 1.29 is 4.79 Å². The molecule has 1 aliphatic carbocycles. The van der Waals surface area contributed by atoms with E-state index in [0.29, 0.717) is 6.54 Å². The third-order valence-corrected chi connectivity index (χ3v) is 5.28. The fourth-order valence-electron chi connectivity index (χ4n) is 3.97. The molecule has 3 rings (SSSR count). The zero-order valence-electron chi connectivity index (χ0n) is 14.2. The molecule has 2 heterocycles. The molecule has 2 aliphatic rings. The summed E-state index contributed by atoms with van der Waals surface area (Å²) in [7, 11) is 0. The first-order chi connectivity index (χ1) is 11.2. The van der Waals surface area contributed by atoms with Gasteiger partial charge in [0.25, 0.3) is 0 Å². The molecule has 1 unspecified atom stereocenters. The van der Waals surface area contributed by atoms with Crippen LogP contribution in [-0.2, 0) is 11.3 Å². The van der Waals surface area contributed by atoms with Crippen molar-refractivity contribution in [1.29, 1.82) is 0 Å². The summed E-state index contributed by atoms with van der Waals surface area (Å²) in [5.74, 6) is 0.212. The van der Waals surface area contributed by atoms with Gasteiger partial charge in [0.1, 0.15) is 12.7 Å². The Balaban J connectivity index is 1.51. The van der Waals surface area contributed by atoms with Gasteiger partial charge in [0, 0.05) is 32.2 Å². The minimum absolute atomic E-state index is 0.0436. The van der Waals surface area contributed by atoms with E-state index in [1.54, 1.807) is 11.0 Å². The van der Waals surface area contributed by atoms with Crippen molar-refractivity contribution >= 4 is 5.91 Å². The van der Waals surface area contributed by atoms with Gasteiger partial charge in [-0.25, -0.2) is 4.98 Å². The third-order valence-electron chi connectivity index (χ3n) is 5.28. The lowest BCUT2D eigenvalue weighted by atomic mass is 9.94. The van der Waals surface area contributed by atoms with Crippen LogP contribution in [0.1, 0.15) is 45.4 Å². The molecule has 6 heteroatoms. The Morgan fingerprint density at radius 2 is 1.96 bits per heavy atom. The standard InChI is InChI=1S/C17H29N5O/c1-15(12-22-14-18-13-19-22)17(23)21-9-5-8-20(10-11-21)16-6-3-2-4-7-16/h13-16H,2-12H2,1H3. The van der Waals surface area contributed by atoms with Crippen LogP contribution in [0.2, 0.25) is 0 Å². The molecule has 2 fully saturated rings. The van der Waals surface area contributed by atoms with Crippen LogP contribution in [0.5, 0.6) is 0 Å². The van der Waals surface area contributed by atoms with Gasteiger partial charge in [-0.1, -0.05) is 26.2 Å². The van der Waals surface area contributed by atoms with Crippen LogP contribution < -0.4 is 0 Å². The van der Waals surface area contributed by atoms with E-state index >= 15 is 0 Å². The fraction of sp³-hybridized carbons (Fsp3) is 0.824. The highest BCUT2D eigenvalue weighted by Crippen LogP contribution is 2.23. The van der Waals surface area contributed by atoms with Crippen molar-refractivity contribution in [3.63, 3.8) is 0 Å². The molecule has 0 bridgehead atoms. The molecule has 1 aliphatic heterocycles. The maximum Gasteiger partial charge on any atom is 0.227 e. The Kier molecular flexibility index (Phi) is 5.65. The van der Waals surface area contributed by atoms with Crippen LogP contribution in [0.3, 0.4) is 0 Å². The van der Waals surface area contributed by atoms with Gasteiger partial charge in [0.15, 0.2) is 0 Å². The Labute approximate surface area is 138 Å². The summed E-state index contributed by atoms with van der Waals surface area (Å²) in [4.78, 5) is 21.3. The van der Waals surface area contributed by atoms with Crippen molar-refractivity contribution in [3.05, 3.63) is 12.7 Å². The van der Waals surface area contributed by atoms with E-state index in [0.717, 1.165) is 38.6 Å². The van der Waals surface area contributed by atoms with Crippen molar-refractivity contribution in [3.8, 4) is 0 Å². The molecule has 1 saturated carbocycles. The molecule has 23 heavy (non-hydrogen) atoms. The molecular formula is C17H29N5O. The Morgan fingerprint density at radius 3 is 2.70 bits per heavy atom. The number of carbonyl (C=O) groups is 1. The lowest BCUT2D eigenvalue weighted by Gasteiger charge is -2.33. The first-order valence-corrected chi connectivity index (χ1v) is 9.09. The first-order valence-electron chi connectivity index (χ1n) is 9.09. The topological polar surface area (TPSA) is 54.3 Å². The molecule has 0 spiro atoms. The summed E-state index contributed by atoms with van der Waals surface area (Å²) < 4.78 is 1.74. The fourth-order valence-corrected chi connectivity index (χ4v) is 3.97. The van der Waals surface area contributed by atoms with Crippen LogP contribution in [0.15, 0.2) is 12.7 Å². The van der Waals surface area contributed by atoms with Gasteiger partial charge in [-0.05, 0) is 19.3 Å². The highest BCUT2D eigenvalue weighted by molar-refractivity contribution is 5.78. The summed E-state index contributed by atoms with van der Waals surface area (Å²) in [5.41, 5.74) is 0. The second kappa shape index (κ2) is 7.90. The van der Waals surface area contributed by atoms with E-state index in [9.17, 15) is 4.79 Å². The predicted molar refractivity (Wildman–Crippen MR) is 88.8 cm³/mol. The average Bonchev–Trinajstić information content (AvgIpc) is 2.96. The van der Waals surface area contributed by atoms with Crippen LogP contribution in [0, 0.1) is 5.92 Å². The molecule has 1 amide bonds. The molecule has 6 nitrogen and oxygen atoms in total. The van der Waals surface area contributed by atoms with E-state index in [2.05, 4.69) is 19.9 Å². The van der Waals surface area contributed by atoms with Crippen molar-refractivity contribution in [2.45, 2.75) is 58.0 Å². The monoisotopic (exact) mass is 319 g/mol. The van der Waals surface area contributed by atoms with Gasteiger partial charge in [0.05, 0.1) is 12.5 Å². The SMILES string of the molecule is CC(Cn1cncn1)C(=O)N1CCCN(C2CCCCC2)CC1. The molecule has 1 aromatic rings. The zero-order valence-corrected chi connectivity index (χ0v) is 14.2. The number of hydrogen-bond acceptors (Lipinski definition) is 4. The lowest BCUT2D eigenvalue weighted by molar-refractivity contribution is -0.135. The summed E-state index contributed by atoms with van der Waals surface area (Å²) in [6, 6.07) is 0.756. The minimum Gasteiger partial charge on any atom is -0.341 e. The molecule has 128 valence electrons. The van der Waals surface area contributed by atoms with Gasteiger partial charge >= 0.3 is 0 Å². The number of aromatic nitrogens is 3. The smallest absolute Gasteiger partial charge is 0.227 e. The Bertz CT molecular complexity index is 483. The summed E-state index contributed by atoms with van der Waals surface area (Å²) in [6.07, 6.45) is 11.1. The largest absolute Gasteiger partial charge is 0.341 e. The minimum atomic E-state index is -0.0436. The number of amides is 1. The summed E-state index contributed by atoms with van der Waals surface area (Å²) >= 11 is 0. The average molecular weight is 319 g/mol. The van der Waals surface area contributed by atoms with Crippen LogP contribution in [0.4, 0.5) is 0 Å². The summed E-state index contributed by atoms with van der Waals surface area (Å²) in [6.45, 7) is 6.55. The molecule has 0 aromatic carbocycles. The predicted octanol–water partition coefficient (Wildman–Crippen LogP) is 1.78. The van der Waals surface area contributed by atoms with E-state index in [-0.39, 0.29) is 11.8 Å². The highest BCUT2D eigenvalue weighted by Gasteiger charge is 2.27. The molecule has 1 aromatic heterocycles. The van der Waals surface area contributed by atoms with Crippen LogP contribution in [0.25, 0.3) is 0 Å². The Morgan fingerprint density at radius 1 is 1.13 bits per heavy atom. The van der Waals surface area contributed by atoms with Crippen LogP contribution in [-0.4, -0.2) is 62.7 Å². The Hall–Kier alpha value is -1.43. The molecule has 1 atom stereocenters. The van der Waals surface area contributed by atoms with Gasteiger partial charge in [-0.3, -0.25) is 14.4 Å². The highest BCUT2D eigenvalue weighted by atomic mass is 16.2. The second-order valence-electron chi connectivity index (χ2n) is 7.03. The van der Waals surface area contributed by atoms with Gasteiger partial charge in [-0.15, -0.1) is 0 Å². The third kappa shape index (κ3) is 4.31. The number of hydrogen-bond donors (Lipinski definition) is 0. The molecule has 1 saturated heterocycles. The van der Waals surface area contributed by atoms with E-state index < -0.39 is 0 Å². The van der Waals surface area contributed by atoms with Gasteiger partial charge in [0.2, 0.25) is 5.91 Å². The number of nitrogens with zero attached hydrogens (tertiary/aromatic N) is 5. The second-order valence-corrected chi connectivity index (χ2v) is 7.03. The van der Waals surface area contributed by atoms with E-state index in [1.807, 2.05) is 6.92 Å². The number of carbonyl (C=O) groups excluding carboxylic acids is 1. The normalized spacial score (nSPS) is 22.7. The van der Waals surface area contributed by atoms with Crippen molar-refractivity contribution in [1.82, 2.24) is 24.6 Å². The van der Waals surface area contributed by atoms with Crippen LogP contribution >= 0.6 is 0 Å². The zero-order chi connectivity index (χ0) is 16.1. The molecule has 0 radical (unpaired) electrons. The lowest BCUT2D eigenvalue weighted by Crippen LogP contribution is -2.42. The van der Waals surface area contributed by atoms with Crippen molar-refractivity contribution in [2.75, 3.05) is 26.2 Å². The van der Waals surface area contributed by atoms with Gasteiger partial charge < -0.3 is 4.90 Å². The van der Waals surface area contributed by atoms with E-state index in [4.69, 9.17) is 0 Å². The maximum absolute atomic E-state index is 12.7. The van der Waals surface area contributed by atoms with Gasteiger partial charge in [-0.2, -0.15) is 5.10 Å². The summed E-state index contributed by atoms with van der Waals surface area (Å²) in [5, 5.41) is 4.10. The first kappa shape index (κ1) is 16.4. The molecule has 0 N–H and O–H groups in total. The maximum atomic E-state index is 12.7. The molecular weight excluding hydrogens is 290 g/mol. The van der Waals surface area contributed by atoms with Crippen molar-refractivity contribution in [2.24, 2.45) is 5.92 Å². The van der Waals surface area contributed by atoms with E-state index in [1.165, 1.54) is 38.4 Å². The number of rotatable bonds is 4.